The Bertz CT molecular complexity index is 78.5. The summed E-state index contributed by atoms with van der Waals surface area (Å²) in [6.45, 7) is 6.70. The number of thioether (sulfide) groups is 1. The fraction of sp³-hybridized carbons (Fsp3) is 1.00. The second-order valence-electron chi connectivity index (χ2n) is 2.65. The minimum absolute atomic E-state index is 1.08. The van der Waals surface area contributed by atoms with Crippen LogP contribution < -0.4 is 5.32 Å². The molecule has 0 aromatic heterocycles. The number of nitrogens with zero attached hydrogens (tertiary/aromatic N) is 1. The van der Waals surface area contributed by atoms with Crippen LogP contribution in [0, 0.1) is 0 Å². The molecule has 2 nitrogen and oxygen atoms in total. The summed E-state index contributed by atoms with van der Waals surface area (Å²) in [4.78, 5) is 2.36. The Morgan fingerprint density at radius 3 is 2.64 bits per heavy atom. The fourth-order valence-electron chi connectivity index (χ4n) is 0.806. The first kappa shape index (κ1) is 11.3. The predicted molar refractivity (Wildman–Crippen MR) is 54.4 cm³/mol. The van der Waals surface area contributed by atoms with E-state index in [4.69, 9.17) is 0 Å². The first-order chi connectivity index (χ1) is 5.31. The van der Waals surface area contributed by atoms with Crippen molar-refractivity contribution in [1.82, 2.24) is 10.2 Å². The van der Waals surface area contributed by atoms with Gasteiger partial charge in [0.1, 0.15) is 0 Å². The summed E-state index contributed by atoms with van der Waals surface area (Å²) in [6.07, 6.45) is 2.15. The molecule has 0 bridgehead atoms. The normalized spacial score (nSPS) is 10.9. The van der Waals surface area contributed by atoms with E-state index in [1.807, 2.05) is 11.8 Å². The van der Waals surface area contributed by atoms with Crippen molar-refractivity contribution < 1.29 is 0 Å². The minimum Gasteiger partial charge on any atom is -0.316 e. The van der Waals surface area contributed by atoms with Crippen molar-refractivity contribution in [3.63, 3.8) is 0 Å². The molecule has 0 unspecified atom stereocenters. The Labute approximate surface area is 74.7 Å². The zero-order valence-corrected chi connectivity index (χ0v) is 8.71. The molecule has 0 fully saturated rings. The van der Waals surface area contributed by atoms with Crippen molar-refractivity contribution in [2.45, 2.75) is 6.92 Å². The summed E-state index contributed by atoms with van der Waals surface area (Å²) in [7, 11) is 2.17. The number of likely N-dealkylation sites (N-methyl/N-ethyl adjacent to an activating group) is 2. The van der Waals surface area contributed by atoms with Crippen molar-refractivity contribution >= 4 is 11.8 Å². The van der Waals surface area contributed by atoms with Gasteiger partial charge in [-0.05, 0) is 19.8 Å². The Kier molecular flexibility index (Phi) is 8.57. The molecule has 11 heavy (non-hydrogen) atoms. The second-order valence-corrected chi connectivity index (χ2v) is 3.64. The van der Waals surface area contributed by atoms with Gasteiger partial charge in [0.2, 0.25) is 0 Å². The van der Waals surface area contributed by atoms with E-state index in [0.717, 1.165) is 19.6 Å². The van der Waals surface area contributed by atoms with Gasteiger partial charge in [0.05, 0.1) is 0 Å². The average Bonchev–Trinajstić information content (AvgIpc) is 2.01. The van der Waals surface area contributed by atoms with E-state index in [0.29, 0.717) is 0 Å². The molecule has 0 aromatic rings. The third kappa shape index (κ3) is 8.17. The molecule has 68 valence electrons. The average molecular weight is 176 g/mol. The van der Waals surface area contributed by atoms with Crippen LogP contribution in [-0.4, -0.2) is 50.1 Å². The van der Waals surface area contributed by atoms with Gasteiger partial charge in [0.25, 0.3) is 0 Å². The minimum atomic E-state index is 1.08. The SMILES string of the molecule is CCNCCN(C)CCSC. The van der Waals surface area contributed by atoms with E-state index in [1.165, 1.54) is 12.3 Å². The second kappa shape index (κ2) is 8.37. The van der Waals surface area contributed by atoms with E-state index < -0.39 is 0 Å². The Morgan fingerprint density at radius 1 is 1.36 bits per heavy atom. The van der Waals surface area contributed by atoms with Crippen molar-refractivity contribution in [2.75, 3.05) is 45.2 Å². The maximum atomic E-state index is 3.31. The van der Waals surface area contributed by atoms with E-state index >= 15 is 0 Å². The molecule has 0 radical (unpaired) electrons. The van der Waals surface area contributed by atoms with E-state index in [1.54, 1.807) is 0 Å². The molecule has 0 aliphatic carbocycles. The van der Waals surface area contributed by atoms with Crippen LogP contribution in [0.1, 0.15) is 6.92 Å². The van der Waals surface area contributed by atoms with Gasteiger partial charge in [0.15, 0.2) is 0 Å². The standard InChI is InChI=1S/C8H20N2S/c1-4-9-5-6-10(2)7-8-11-3/h9H,4-8H2,1-3H3. The summed E-state index contributed by atoms with van der Waals surface area (Å²) in [5.74, 6) is 1.24. The van der Waals surface area contributed by atoms with Crippen LogP contribution >= 0.6 is 11.8 Å². The lowest BCUT2D eigenvalue weighted by atomic mass is 10.5. The highest BCUT2D eigenvalue weighted by Crippen LogP contribution is 1.91. The van der Waals surface area contributed by atoms with Crippen molar-refractivity contribution in [3.05, 3.63) is 0 Å². The van der Waals surface area contributed by atoms with Crippen LogP contribution in [0.3, 0.4) is 0 Å². The molecule has 0 aliphatic heterocycles. The quantitative estimate of drug-likeness (QED) is 0.580. The topological polar surface area (TPSA) is 15.3 Å². The van der Waals surface area contributed by atoms with E-state index in [-0.39, 0.29) is 0 Å². The number of hydrogen-bond donors (Lipinski definition) is 1. The first-order valence-corrected chi connectivity index (χ1v) is 5.58. The lowest BCUT2D eigenvalue weighted by molar-refractivity contribution is 0.353. The summed E-state index contributed by atoms with van der Waals surface area (Å²) in [5.41, 5.74) is 0. The smallest absolute Gasteiger partial charge is 0.0104 e. The highest BCUT2D eigenvalue weighted by molar-refractivity contribution is 7.98. The van der Waals surface area contributed by atoms with Gasteiger partial charge in [-0.1, -0.05) is 6.92 Å². The van der Waals surface area contributed by atoms with Crippen LogP contribution in [0.15, 0.2) is 0 Å². The fourth-order valence-corrected chi connectivity index (χ4v) is 1.30. The van der Waals surface area contributed by atoms with Crippen molar-refractivity contribution in [3.8, 4) is 0 Å². The lowest BCUT2D eigenvalue weighted by Gasteiger charge is -2.15. The molecular weight excluding hydrogens is 156 g/mol. The number of nitrogens with one attached hydrogen (secondary N) is 1. The number of rotatable bonds is 7. The van der Waals surface area contributed by atoms with Gasteiger partial charge < -0.3 is 10.2 Å². The van der Waals surface area contributed by atoms with Gasteiger partial charge in [-0.2, -0.15) is 11.8 Å². The predicted octanol–water partition coefficient (Wildman–Crippen LogP) is 0.891. The zero-order valence-electron chi connectivity index (χ0n) is 7.89. The molecule has 3 heteroatoms. The van der Waals surface area contributed by atoms with Gasteiger partial charge in [0, 0.05) is 25.4 Å². The maximum absolute atomic E-state index is 3.31. The highest BCUT2D eigenvalue weighted by Gasteiger charge is 1.94. The molecule has 0 saturated carbocycles. The summed E-state index contributed by atoms with van der Waals surface area (Å²) in [6, 6.07) is 0. The van der Waals surface area contributed by atoms with Crippen LogP contribution in [-0.2, 0) is 0 Å². The molecule has 0 rings (SSSR count). The molecule has 0 atom stereocenters. The Hall–Kier alpha value is 0.270. The summed E-state index contributed by atoms with van der Waals surface area (Å²) in [5, 5.41) is 3.31. The largest absolute Gasteiger partial charge is 0.316 e. The Balaban J connectivity index is 3.02. The van der Waals surface area contributed by atoms with Crippen LogP contribution in [0.2, 0.25) is 0 Å². The molecule has 0 aliphatic rings. The molecular formula is C8H20N2S. The zero-order chi connectivity index (χ0) is 8.53. The summed E-state index contributed by atoms with van der Waals surface area (Å²) >= 11 is 1.91. The first-order valence-electron chi connectivity index (χ1n) is 4.19. The third-order valence-corrected chi connectivity index (χ3v) is 2.19. The molecule has 0 spiro atoms. The van der Waals surface area contributed by atoms with Crippen LogP contribution in [0.4, 0.5) is 0 Å². The monoisotopic (exact) mass is 176 g/mol. The number of hydrogen-bond acceptors (Lipinski definition) is 3. The summed E-state index contributed by atoms with van der Waals surface area (Å²) < 4.78 is 0. The highest BCUT2D eigenvalue weighted by atomic mass is 32.2. The molecule has 0 heterocycles. The van der Waals surface area contributed by atoms with E-state index in [9.17, 15) is 0 Å². The van der Waals surface area contributed by atoms with Gasteiger partial charge >= 0.3 is 0 Å². The molecule has 0 saturated heterocycles. The van der Waals surface area contributed by atoms with Gasteiger partial charge in [-0.15, -0.1) is 0 Å². The Morgan fingerprint density at radius 2 is 2.09 bits per heavy atom. The molecule has 1 N–H and O–H groups in total. The molecule has 0 amide bonds. The van der Waals surface area contributed by atoms with Crippen molar-refractivity contribution in [2.24, 2.45) is 0 Å². The van der Waals surface area contributed by atoms with Crippen molar-refractivity contribution in [1.29, 1.82) is 0 Å². The molecule has 0 aromatic carbocycles. The third-order valence-electron chi connectivity index (χ3n) is 1.60. The van der Waals surface area contributed by atoms with Gasteiger partial charge in [-0.3, -0.25) is 0 Å². The van der Waals surface area contributed by atoms with Crippen LogP contribution in [0.25, 0.3) is 0 Å². The maximum Gasteiger partial charge on any atom is 0.0104 e. The van der Waals surface area contributed by atoms with Crippen LogP contribution in [0.5, 0.6) is 0 Å². The lowest BCUT2D eigenvalue weighted by Crippen LogP contribution is -2.30. The van der Waals surface area contributed by atoms with Gasteiger partial charge in [-0.25, -0.2) is 0 Å². The van der Waals surface area contributed by atoms with E-state index in [2.05, 4.69) is 30.4 Å².